The summed E-state index contributed by atoms with van der Waals surface area (Å²) in [5.41, 5.74) is 8.25. The Hall–Kier alpha value is -3.47. The summed E-state index contributed by atoms with van der Waals surface area (Å²) in [5, 5.41) is 31.2. The molecule has 3 rings (SSSR count). The lowest BCUT2D eigenvalue weighted by Gasteiger charge is -2.31. The highest BCUT2D eigenvalue weighted by molar-refractivity contribution is 5.64. The third kappa shape index (κ3) is 7.55. The molecule has 234 valence electrons. The zero-order valence-electron chi connectivity index (χ0n) is 28.5. The maximum Gasteiger partial charge on any atom is 0.511 e. The lowest BCUT2D eigenvalue weighted by atomic mass is 9.74. The van der Waals surface area contributed by atoms with Crippen LogP contribution in [0.1, 0.15) is 138 Å². The molecule has 0 aliphatic heterocycles. The van der Waals surface area contributed by atoms with E-state index in [1.807, 2.05) is 32.0 Å². The van der Waals surface area contributed by atoms with Crippen molar-refractivity contribution in [2.45, 2.75) is 125 Å². The Labute approximate surface area is 259 Å². The minimum Gasteiger partial charge on any atom is -0.508 e. The van der Waals surface area contributed by atoms with Crippen LogP contribution in [0.25, 0.3) is 0 Å². The van der Waals surface area contributed by atoms with Crippen molar-refractivity contribution in [1.82, 2.24) is 0 Å². The summed E-state index contributed by atoms with van der Waals surface area (Å²) in [6.07, 6.45) is -0.557. The highest BCUT2D eigenvalue weighted by Gasteiger charge is 2.30. The van der Waals surface area contributed by atoms with Gasteiger partial charge in [0.2, 0.25) is 0 Å². The predicted octanol–water partition coefficient (Wildman–Crippen LogP) is 10.3. The molecule has 3 aromatic rings. The number of hydrogen-bond acceptors (Lipinski definition) is 4. The largest absolute Gasteiger partial charge is 0.511 e. The van der Waals surface area contributed by atoms with Gasteiger partial charge in [0, 0.05) is 11.5 Å². The van der Waals surface area contributed by atoms with E-state index in [0.717, 1.165) is 50.9 Å². The first kappa shape index (κ1) is 34.0. The average Bonchev–Trinajstić information content (AvgIpc) is 2.80. The number of aryl methyl sites for hydroxylation is 3. The molecule has 3 aromatic carbocycles. The normalized spacial score (nSPS) is 14.0. The molecule has 5 nitrogen and oxygen atoms in total. The van der Waals surface area contributed by atoms with E-state index >= 15 is 0 Å². The molecule has 2 atom stereocenters. The molecule has 0 spiro atoms. The fourth-order valence-corrected chi connectivity index (χ4v) is 6.27. The second-order valence-electron chi connectivity index (χ2n) is 15.5. The van der Waals surface area contributed by atoms with Gasteiger partial charge in [0.05, 0.1) is 0 Å². The molecule has 0 bridgehead atoms. The van der Waals surface area contributed by atoms with Crippen LogP contribution in [0.2, 0.25) is 0 Å². The predicted molar refractivity (Wildman–Crippen MR) is 176 cm³/mol. The Kier molecular flexibility index (Phi) is 9.42. The van der Waals surface area contributed by atoms with Crippen LogP contribution in [0, 0.1) is 20.8 Å². The van der Waals surface area contributed by atoms with Crippen molar-refractivity contribution in [2.75, 3.05) is 0 Å². The summed E-state index contributed by atoms with van der Waals surface area (Å²) in [7, 11) is 0. The number of aromatic hydroxyl groups is 2. The van der Waals surface area contributed by atoms with Gasteiger partial charge in [-0.3, -0.25) is 0 Å². The van der Waals surface area contributed by atoms with E-state index < -0.39 is 6.16 Å². The summed E-state index contributed by atoms with van der Waals surface area (Å²) < 4.78 is 5.28. The first-order chi connectivity index (χ1) is 19.5. The van der Waals surface area contributed by atoms with Crippen LogP contribution in [0.4, 0.5) is 4.79 Å². The molecular weight excluding hydrogens is 536 g/mol. The molecule has 0 amide bonds. The van der Waals surface area contributed by atoms with Crippen LogP contribution in [0.3, 0.4) is 0 Å². The van der Waals surface area contributed by atoms with Crippen molar-refractivity contribution >= 4 is 6.16 Å². The van der Waals surface area contributed by atoms with Gasteiger partial charge in [-0.1, -0.05) is 87.4 Å². The van der Waals surface area contributed by atoms with Crippen molar-refractivity contribution in [3.8, 4) is 17.2 Å². The molecule has 43 heavy (non-hydrogen) atoms. The zero-order chi connectivity index (χ0) is 32.8. The Morgan fingerprint density at radius 2 is 1.02 bits per heavy atom. The number of carbonyl (C=O) groups is 1. The topological polar surface area (TPSA) is 87.0 Å². The van der Waals surface area contributed by atoms with E-state index in [-0.39, 0.29) is 28.1 Å². The van der Waals surface area contributed by atoms with Crippen molar-refractivity contribution in [1.29, 1.82) is 0 Å². The molecule has 3 N–H and O–H groups in total. The number of benzene rings is 3. The maximum atomic E-state index is 11.6. The molecule has 2 unspecified atom stereocenters. The van der Waals surface area contributed by atoms with Gasteiger partial charge in [-0.2, -0.15) is 0 Å². The van der Waals surface area contributed by atoms with Crippen LogP contribution < -0.4 is 4.74 Å². The first-order valence-corrected chi connectivity index (χ1v) is 15.3. The third-order valence-electron chi connectivity index (χ3n) is 8.63. The lowest BCUT2D eigenvalue weighted by molar-refractivity contribution is 0.143. The molecule has 0 saturated heterocycles. The Morgan fingerprint density at radius 1 is 0.651 bits per heavy atom. The molecule has 0 saturated carbocycles. The molecule has 0 aliphatic rings. The molecular formula is C38H52O5. The second kappa shape index (κ2) is 11.9. The van der Waals surface area contributed by atoms with E-state index in [2.05, 4.69) is 94.4 Å². The van der Waals surface area contributed by atoms with Crippen LogP contribution in [-0.2, 0) is 16.2 Å². The molecule has 0 aromatic heterocycles. The van der Waals surface area contributed by atoms with Crippen LogP contribution in [-0.4, -0.2) is 21.5 Å². The SMILES string of the molecule is Cc1cc(O)c(C(C)(C)C)cc1C(C)CC(c1cc(C(C)(C)C)c(O)cc1C)c1cc(C(C)(C)C)c(OC(=O)O)cc1C. The van der Waals surface area contributed by atoms with E-state index in [4.69, 9.17) is 4.74 Å². The third-order valence-corrected chi connectivity index (χ3v) is 8.63. The molecule has 0 heterocycles. The first-order valence-electron chi connectivity index (χ1n) is 15.3. The van der Waals surface area contributed by atoms with Gasteiger partial charge in [-0.05, 0) is 112 Å². The quantitative estimate of drug-likeness (QED) is 0.197. The molecule has 0 fully saturated rings. The van der Waals surface area contributed by atoms with Gasteiger partial charge in [0.1, 0.15) is 17.2 Å². The lowest BCUT2D eigenvalue weighted by Crippen LogP contribution is -2.19. The smallest absolute Gasteiger partial charge is 0.508 e. The van der Waals surface area contributed by atoms with E-state index in [1.165, 1.54) is 5.56 Å². The number of phenols is 2. The Balaban J connectivity index is 2.34. The fraction of sp³-hybridized carbons (Fsp3) is 0.500. The molecule has 5 heteroatoms. The summed E-state index contributed by atoms with van der Waals surface area (Å²) in [6.45, 7) is 27.2. The Morgan fingerprint density at radius 3 is 1.44 bits per heavy atom. The number of carboxylic acid groups (broad SMARTS) is 1. The number of phenolic OH excluding ortho intramolecular Hbond substituents is 2. The van der Waals surface area contributed by atoms with Crippen molar-refractivity contribution < 1.29 is 24.9 Å². The van der Waals surface area contributed by atoms with Crippen molar-refractivity contribution in [2.24, 2.45) is 0 Å². The van der Waals surface area contributed by atoms with E-state index in [1.54, 1.807) is 0 Å². The number of ether oxygens (including phenoxy) is 1. The number of rotatable bonds is 6. The van der Waals surface area contributed by atoms with Gasteiger partial charge in [0.15, 0.2) is 0 Å². The van der Waals surface area contributed by atoms with Gasteiger partial charge in [-0.15, -0.1) is 0 Å². The minimum absolute atomic E-state index is 0.0528. The van der Waals surface area contributed by atoms with Gasteiger partial charge in [0.25, 0.3) is 0 Å². The van der Waals surface area contributed by atoms with Crippen molar-refractivity contribution in [3.63, 3.8) is 0 Å². The van der Waals surface area contributed by atoms with Gasteiger partial charge in [-0.25, -0.2) is 4.79 Å². The van der Waals surface area contributed by atoms with Crippen LogP contribution in [0.15, 0.2) is 36.4 Å². The highest BCUT2D eigenvalue weighted by Crippen LogP contribution is 2.45. The van der Waals surface area contributed by atoms with Crippen molar-refractivity contribution in [3.05, 3.63) is 86.5 Å². The molecule has 0 aliphatic carbocycles. The van der Waals surface area contributed by atoms with Crippen LogP contribution >= 0.6 is 0 Å². The zero-order valence-corrected chi connectivity index (χ0v) is 28.5. The summed E-state index contributed by atoms with van der Waals surface area (Å²) in [5.74, 6) is 1.05. The van der Waals surface area contributed by atoms with Crippen LogP contribution in [0.5, 0.6) is 17.2 Å². The van der Waals surface area contributed by atoms with Gasteiger partial charge < -0.3 is 20.1 Å². The fourth-order valence-electron chi connectivity index (χ4n) is 6.27. The summed E-state index contributed by atoms with van der Waals surface area (Å²) >= 11 is 0. The van der Waals surface area contributed by atoms with E-state index in [0.29, 0.717) is 17.2 Å². The monoisotopic (exact) mass is 588 g/mol. The summed E-state index contributed by atoms with van der Waals surface area (Å²) in [6, 6.07) is 12.0. The standard InChI is InChI=1S/C38H52O5/c1-21(25-18-29(36(5,6)7)32(39)15-22(25)2)14-28(26-19-30(37(8,9)10)33(40)16-23(26)3)27-20-31(38(11,12)13)34(17-24(27)4)43-35(41)42/h15-21,28,39-40H,14H2,1-13H3,(H,41,42). The Bertz CT molecular complexity index is 1510. The molecule has 0 radical (unpaired) electrons. The second-order valence-corrected chi connectivity index (χ2v) is 15.5. The average molecular weight is 589 g/mol. The number of hydrogen-bond donors (Lipinski definition) is 3. The van der Waals surface area contributed by atoms with Gasteiger partial charge >= 0.3 is 6.16 Å². The highest BCUT2D eigenvalue weighted by atomic mass is 16.7. The maximum absolute atomic E-state index is 11.6. The minimum atomic E-state index is -1.33. The van der Waals surface area contributed by atoms with E-state index in [9.17, 15) is 20.1 Å². The summed E-state index contributed by atoms with van der Waals surface area (Å²) in [4.78, 5) is 11.6.